The second kappa shape index (κ2) is 9.36. The van der Waals surface area contributed by atoms with E-state index in [4.69, 9.17) is 11.6 Å². The summed E-state index contributed by atoms with van der Waals surface area (Å²) >= 11 is 6.40. The van der Waals surface area contributed by atoms with E-state index in [9.17, 15) is 5.11 Å². The molecule has 0 radical (unpaired) electrons. The molecule has 1 heterocycles. The highest BCUT2D eigenvalue weighted by atomic mass is 35.5. The number of hydrogen-bond acceptors (Lipinski definition) is 2. The highest BCUT2D eigenvalue weighted by Gasteiger charge is 2.42. The maximum atomic E-state index is 10.7. The van der Waals surface area contributed by atoms with Crippen LogP contribution < -0.4 is 15.5 Å². The molecule has 0 spiro atoms. The van der Waals surface area contributed by atoms with Crippen LogP contribution in [0.15, 0.2) is 0 Å². The molecule has 3 fully saturated rings. The molecular formula is C20H40ClN3O+2. The fraction of sp³-hybridized carbons (Fsp3) is 1.00. The molecule has 0 aromatic heterocycles. The molecule has 0 aromatic rings. The van der Waals surface area contributed by atoms with E-state index in [1.807, 2.05) is 0 Å². The van der Waals surface area contributed by atoms with Crippen LogP contribution in [0.2, 0.25) is 0 Å². The zero-order valence-corrected chi connectivity index (χ0v) is 17.0. The third kappa shape index (κ3) is 5.10. The summed E-state index contributed by atoms with van der Waals surface area (Å²) in [6, 6.07) is 1.87. The van der Waals surface area contributed by atoms with Crippen molar-refractivity contribution in [1.29, 1.82) is 0 Å². The molecule has 1 aliphatic heterocycles. The van der Waals surface area contributed by atoms with Gasteiger partial charge in [0.1, 0.15) is 0 Å². The van der Waals surface area contributed by atoms with Gasteiger partial charge in [0, 0.05) is 42.1 Å². The van der Waals surface area contributed by atoms with Gasteiger partial charge in [-0.2, -0.15) is 0 Å². The molecule has 5 heteroatoms. The molecule has 5 N–H and O–H groups in total. The van der Waals surface area contributed by atoms with E-state index < -0.39 is 0 Å². The van der Waals surface area contributed by atoms with Gasteiger partial charge in [-0.15, -0.1) is 11.6 Å². The third-order valence-corrected chi connectivity index (χ3v) is 7.71. The lowest BCUT2D eigenvalue weighted by atomic mass is 9.75. The van der Waals surface area contributed by atoms with Crippen molar-refractivity contribution in [3.63, 3.8) is 0 Å². The van der Waals surface area contributed by atoms with Gasteiger partial charge in [0.2, 0.25) is 0 Å². The zero-order chi connectivity index (χ0) is 17.8. The average Bonchev–Trinajstić information content (AvgIpc) is 2.61. The van der Waals surface area contributed by atoms with Crippen molar-refractivity contribution in [2.24, 2.45) is 11.8 Å². The van der Waals surface area contributed by atoms with Gasteiger partial charge in [-0.1, -0.05) is 0 Å². The predicted molar refractivity (Wildman–Crippen MR) is 103 cm³/mol. The Labute approximate surface area is 159 Å². The van der Waals surface area contributed by atoms with Gasteiger partial charge < -0.3 is 20.6 Å². The van der Waals surface area contributed by atoms with Crippen LogP contribution in [0.3, 0.4) is 0 Å². The lowest BCUT2D eigenvalue weighted by Crippen LogP contribution is -3.12. The number of aliphatic hydroxyl groups is 1. The lowest BCUT2D eigenvalue weighted by molar-refractivity contribution is -0.900. The molecule has 25 heavy (non-hydrogen) atoms. The predicted octanol–water partition coefficient (Wildman–Crippen LogP) is 0.142. The second-order valence-corrected chi connectivity index (χ2v) is 9.44. The van der Waals surface area contributed by atoms with E-state index in [1.54, 1.807) is 4.90 Å². The molecule has 4 nitrogen and oxygen atoms in total. The minimum Gasteiger partial charge on any atom is -0.393 e. The van der Waals surface area contributed by atoms with E-state index >= 15 is 0 Å². The monoisotopic (exact) mass is 373 g/mol. The number of fused-ring (bicyclic) bond motifs is 1. The Hall–Kier alpha value is 0.130. The molecule has 2 aliphatic carbocycles. The highest BCUT2D eigenvalue weighted by molar-refractivity contribution is 6.20. The molecule has 2 saturated carbocycles. The molecule has 0 amide bonds. The SMILES string of the molecule is CC[NH+](CC)CC1CCC(NC2CC[NH2+]C3CC(Cl)CCC23)CC1O. The Kier molecular flexibility index (Phi) is 7.45. The molecule has 0 aromatic carbocycles. The van der Waals surface area contributed by atoms with E-state index in [-0.39, 0.29) is 6.10 Å². The molecule has 3 rings (SSSR count). The maximum Gasteiger partial charge on any atom is 0.0916 e. The Balaban J connectivity index is 1.49. The number of nitrogens with two attached hydrogens (primary N) is 1. The minimum atomic E-state index is -0.121. The summed E-state index contributed by atoms with van der Waals surface area (Å²) in [6.07, 6.45) is 8.13. The molecule has 146 valence electrons. The van der Waals surface area contributed by atoms with Crippen molar-refractivity contribution in [3.8, 4) is 0 Å². The minimum absolute atomic E-state index is 0.121. The van der Waals surface area contributed by atoms with Crippen LogP contribution in [0.25, 0.3) is 0 Å². The van der Waals surface area contributed by atoms with Gasteiger partial charge >= 0.3 is 0 Å². The highest BCUT2D eigenvalue weighted by Crippen LogP contribution is 2.32. The van der Waals surface area contributed by atoms with Gasteiger partial charge in [0.15, 0.2) is 0 Å². The first kappa shape index (κ1) is 19.9. The van der Waals surface area contributed by atoms with Crippen molar-refractivity contribution in [2.75, 3.05) is 26.2 Å². The first-order valence-electron chi connectivity index (χ1n) is 10.9. The number of alkyl halides is 1. The topological polar surface area (TPSA) is 53.3 Å². The zero-order valence-electron chi connectivity index (χ0n) is 16.2. The first-order chi connectivity index (χ1) is 12.1. The molecule has 0 bridgehead atoms. The van der Waals surface area contributed by atoms with Gasteiger partial charge in [0.05, 0.1) is 38.3 Å². The quantitative estimate of drug-likeness (QED) is 0.501. The van der Waals surface area contributed by atoms with Crippen LogP contribution in [0.1, 0.15) is 58.8 Å². The fourth-order valence-corrected chi connectivity index (χ4v) is 6.00. The summed E-state index contributed by atoms with van der Waals surface area (Å²) in [7, 11) is 0. The molecule has 7 unspecified atom stereocenters. The van der Waals surface area contributed by atoms with Crippen LogP contribution in [-0.4, -0.2) is 60.9 Å². The molecule has 1 saturated heterocycles. The Morgan fingerprint density at radius 1 is 1.08 bits per heavy atom. The summed E-state index contributed by atoms with van der Waals surface area (Å²) in [6.45, 7) is 9.22. The molecular weight excluding hydrogens is 334 g/mol. The van der Waals surface area contributed by atoms with Crippen LogP contribution in [0.4, 0.5) is 0 Å². The maximum absolute atomic E-state index is 10.7. The first-order valence-corrected chi connectivity index (χ1v) is 11.3. The van der Waals surface area contributed by atoms with Crippen molar-refractivity contribution >= 4 is 11.6 Å². The largest absolute Gasteiger partial charge is 0.393 e. The summed E-state index contributed by atoms with van der Waals surface area (Å²) in [5.41, 5.74) is 0. The van der Waals surface area contributed by atoms with Gasteiger partial charge in [-0.3, -0.25) is 0 Å². The van der Waals surface area contributed by atoms with E-state index in [2.05, 4.69) is 24.5 Å². The second-order valence-electron chi connectivity index (χ2n) is 8.82. The number of quaternary nitrogens is 2. The Bertz CT molecular complexity index is 406. The Morgan fingerprint density at radius 2 is 1.88 bits per heavy atom. The number of piperidine rings is 1. The van der Waals surface area contributed by atoms with E-state index in [0.717, 1.165) is 24.9 Å². The number of rotatable bonds is 6. The normalized spacial score (nSPS) is 42.4. The summed E-state index contributed by atoms with van der Waals surface area (Å²) in [5, 5.41) is 17.6. The Morgan fingerprint density at radius 3 is 2.60 bits per heavy atom. The summed E-state index contributed by atoms with van der Waals surface area (Å²) < 4.78 is 0. The van der Waals surface area contributed by atoms with Gasteiger partial charge in [0.25, 0.3) is 0 Å². The third-order valence-electron chi connectivity index (χ3n) is 7.31. The van der Waals surface area contributed by atoms with Crippen LogP contribution in [-0.2, 0) is 0 Å². The molecule has 3 aliphatic rings. The smallest absolute Gasteiger partial charge is 0.0916 e. The van der Waals surface area contributed by atoms with Gasteiger partial charge in [-0.25, -0.2) is 0 Å². The van der Waals surface area contributed by atoms with Crippen LogP contribution in [0, 0.1) is 11.8 Å². The number of nitrogens with one attached hydrogen (secondary N) is 2. The van der Waals surface area contributed by atoms with E-state index in [0.29, 0.717) is 23.4 Å². The number of halogens is 1. The molecule has 7 atom stereocenters. The van der Waals surface area contributed by atoms with Gasteiger partial charge in [-0.05, 0) is 46.0 Å². The fourth-order valence-electron chi connectivity index (χ4n) is 5.67. The van der Waals surface area contributed by atoms with Crippen molar-refractivity contribution in [3.05, 3.63) is 0 Å². The standard InChI is InChI=1S/C20H38ClN3O/c1-3-24(4-2)13-14-5-7-16(12-20(14)25)23-18-9-10-22-19-11-15(21)6-8-17(18)19/h14-20,22-23,25H,3-13H2,1-2H3/p+2. The van der Waals surface area contributed by atoms with Crippen molar-refractivity contribution < 1.29 is 15.3 Å². The average molecular weight is 374 g/mol. The van der Waals surface area contributed by atoms with Crippen molar-refractivity contribution in [2.45, 2.75) is 88.4 Å². The van der Waals surface area contributed by atoms with E-state index in [1.165, 1.54) is 58.2 Å². The van der Waals surface area contributed by atoms with Crippen molar-refractivity contribution in [1.82, 2.24) is 5.32 Å². The summed E-state index contributed by atoms with van der Waals surface area (Å²) in [4.78, 5) is 1.62. The lowest BCUT2D eigenvalue weighted by Gasteiger charge is -2.44. The summed E-state index contributed by atoms with van der Waals surface area (Å²) in [5.74, 6) is 1.27. The number of aliphatic hydroxyl groups excluding tert-OH is 1. The van der Waals surface area contributed by atoms with Crippen LogP contribution >= 0.6 is 11.6 Å². The number of hydrogen-bond donors (Lipinski definition) is 4. The van der Waals surface area contributed by atoms with Crippen LogP contribution in [0.5, 0.6) is 0 Å².